The van der Waals surface area contributed by atoms with Gasteiger partial charge in [0.2, 0.25) is 0 Å². The molecule has 2 nitrogen and oxygen atoms in total. The summed E-state index contributed by atoms with van der Waals surface area (Å²) < 4.78 is 0. The second-order valence-corrected chi connectivity index (χ2v) is 3.95. The fourth-order valence-electron chi connectivity index (χ4n) is 2.18. The van der Waals surface area contributed by atoms with Gasteiger partial charge in [0.25, 0.3) is 0 Å². The van der Waals surface area contributed by atoms with Crippen LogP contribution in [0, 0.1) is 5.41 Å². The molecule has 0 aromatic heterocycles. The van der Waals surface area contributed by atoms with E-state index < -0.39 is 0 Å². The lowest BCUT2D eigenvalue weighted by Crippen LogP contribution is -2.40. The Morgan fingerprint density at radius 2 is 2.00 bits per heavy atom. The van der Waals surface area contributed by atoms with Crippen LogP contribution < -0.4 is 5.73 Å². The Bertz CT molecular complexity index is 128. The van der Waals surface area contributed by atoms with Crippen LogP contribution in [0.4, 0.5) is 0 Å². The van der Waals surface area contributed by atoms with Gasteiger partial charge in [0, 0.05) is 6.04 Å². The molecular formula is C9H20N2. The van der Waals surface area contributed by atoms with Crippen molar-refractivity contribution in [3.63, 3.8) is 0 Å². The summed E-state index contributed by atoms with van der Waals surface area (Å²) in [5, 5.41) is 0. The molecule has 0 amide bonds. The third-order valence-electron chi connectivity index (χ3n) is 3.02. The molecule has 0 heterocycles. The Hall–Kier alpha value is -0.0800. The van der Waals surface area contributed by atoms with Gasteiger partial charge in [-0.05, 0) is 45.3 Å². The van der Waals surface area contributed by atoms with Crippen LogP contribution in [0.3, 0.4) is 0 Å². The zero-order valence-electron chi connectivity index (χ0n) is 7.93. The van der Waals surface area contributed by atoms with E-state index in [0.29, 0.717) is 11.5 Å². The van der Waals surface area contributed by atoms with E-state index in [9.17, 15) is 0 Å². The van der Waals surface area contributed by atoms with Crippen molar-refractivity contribution in [1.82, 2.24) is 4.90 Å². The van der Waals surface area contributed by atoms with Gasteiger partial charge in [-0.3, -0.25) is 0 Å². The van der Waals surface area contributed by atoms with Gasteiger partial charge in [0.15, 0.2) is 0 Å². The molecule has 0 aromatic carbocycles. The first-order valence-electron chi connectivity index (χ1n) is 4.53. The molecule has 1 fully saturated rings. The number of rotatable bonds is 4. The summed E-state index contributed by atoms with van der Waals surface area (Å²) in [7, 11) is 4.31. The predicted octanol–water partition coefficient (Wildman–Crippen LogP) is 1.07. The Labute approximate surface area is 69.8 Å². The largest absolute Gasteiger partial charge is 0.330 e. The molecule has 1 aliphatic rings. The summed E-state index contributed by atoms with van der Waals surface area (Å²) >= 11 is 0. The van der Waals surface area contributed by atoms with Gasteiger partial charge < -0.3 is 10.6 Å². The zero-order valence-corrected chi connectivity index (χ0v) is 7.93. The molecule has 1 saturated carbocycles. The van der Waals surface area contributed by atoms with Crippen molar-refractivity contribution in [3.8, 4) is 0 Å². The molecule has 1 aliphatic carbocycles. The highest BCUT2D eigenvalue weighted by Gasteiger charge is 2.47. The third-order valence-corrected chi connectivity index (χ3v) is 3.02. The molecule has 0 aromatic rings. The fourth-order valence-corrected chi connectivity index (χ4v) is 2.18. The van der Waals surface area contributed by atoms with Crippen LogP contribution in [0.25, 0.3) is 0 Å². The van der Waals surface area contributed by atoms with Crippen LogP contribution in [0.15, 0.2) is 0 Å². The first-order valence-corrected chi connectivity index (χ1v) is 4.53. The molecule has 0 aliphatic heterocycles. The van der Waals surface area contributed by atoms with Gasteiger partial charge in [-0.15, -0.1) is 0 Å². The molecule has 11 heavy (non-hydrogen) atoms. The van der Waals surface area contributed by atoms with Crippen molar-refractivity contribution in [2.75, 3.05) is 20.6 Å². The Morgan fingerprint density at radius 1 is 1.45 bits per heavy atom. The first-order chi connectivity index (χ1) is 5.16. The van der Waals surface area contributed by atoms with E-state index in [0.717, 1.165) is 6.54 Å². The van der Waals surface area contributed by atoms with Crippen molar-refractivity contribution in [2.24, 2.45) is 11.1 Å². The maximum atomic E-state index is 5.76. The molecule has 0 saturated heterocycles. The van der Waals surface area contributed by atoms with Gasteiger partial charge in [0.05, 0.1) is 0 Å². The summed E-state index contributed by atoms with van der Waals surface area (Å²) in [4.78, 5) is 2.32. The topological polar surface area (TPSA) is 29.3 Å². The van der Waals surface area contributed by atoms with Crippen LogP contribution in [-0.4, -0.2) is 31.6 Å². The molecule has 1 atom stereocenters. The van der Waals surface area contributed by atoms with E-state index in [2.05, 4.69) is 25.9 Å². The second-order valence-electron chi connectivity index (χ2n) is 3.95. The predicted molar refractivity (Wildman–Crippen MR) is 48.5 cm³/mol. The van der Waals surface area contributed by atoms with Crippen LogP contribution >= 0.6 is 0 Å². The Balaban J connectivity index is 2.54. The number of nitrogens with two attached hydrogens (primary N) is 1. The maximum Gasteiger partial charge on any atom is 0.0155 e. The van der Waals surface area contributed by atoms with Gasteiger partial charge in [-0.2, -0.15) is 0 Å². The Morgan fingerprint density at radius 3 is 2.09 bits per heavy atom. The van der Waals surface area contributed by atoms with Crippen molar-refractivity contribution >= 4 is 0 Å². The van der Waals surface area contributed by atoms with E-state index in [-0.39, 0.29) is 0 Å². The minimum Gasteiger partial charge on any atom is -0.330 e. The van der Waals surface area contributed by atoms with Gasteiger partial charge in [-0.25, -0.2) is 0 Å². The lowest BCUT2D eigenvalue weighted by molar-refractivity contribution is 0.190. The van der Waals surface area contributed by atoms with Crippen molar-refractivity contribution in [2.45, 2.75) is 32.2 Å². The van der Waals surface area contributed by atoms with E-state index in [4.69, 9.17) is 5.73 Å². The van der Waals surface area contributed by atoms with E-state index in [1.807, 2.05) is 0 Å². The molecule has 2 N–H and O–H groups in total. The summed E-state index contributed by atoms with van der Waals surface area (Å²) in [6, 6.07) is 0.701. The highest BCUT2D eigenvalue weighted by Crippen LogP contribution is 2.49. The number of hydrogen-bond donors (Lipinski definition) is 1. The molecule has 0 bridgehead atoms. The van der Waals surface area contributed by atoms with Gasteiger partial charge >= 0.3 is 0 Å². The average Bonchev–Trinajstić information content (AvgIpc) is 2.70. The number of hydrogen-bond acceptors (Lipinski definition) is 2. The minimum atomic E-state index is 0.484. The van der Waals surface area contributed by atoms with Gasteiger partial charge in [0.1, 0.15) is 0 Å². The summed E-state index contributed by atoms with van der Waals surface area (Å²) in [5.74, 6) is 0. The first kappa shape index (κ1) is 9.01. The molecule has 1 rings (SSSR count). The molecule has 0 spiro atoms. The van der Waals surface area contributed by atoms with Crippen LogP contribution in [0.2, 0.25) is 0 Å². The maximum absolute atomic E-state index is 5.76. The molecule has 1 unspecified atom stereocenters. The average molecular weight is 156 g/mol. The number of nitrogens with zero attached hydrogens (tertiary/aromatic N) is 1. The molecule has 66 valence electrons. The standard InChI is InChI=1S/C9H20N2/c1-4-8(11(2)3)9(7-10)5-6-9/h8H,4-7,10H2,1-3H3. The van der Waals surface area contributed by atoms with Crippen molar-refractivity contribution in [1.29, 1.82) is 0 Å². The highest BCUT2D eigenvalue weighted by atomic mass is 15.1. The SMILES string of the molecule is CCC(N(C)C)C1(CN)CC1. The monoisotopic (exact) mass is 156 g/mol. The quantitative estimate of drug-likeness (QED) is 0.659. The highest BCUT2D eigenvalue weighted by molar-refractivity contribution is 5.02. The third kappa shape index (κ3) is 1.57. The lowest BCUT2D eigenvalue weighted by atomic mass is 9.93. The smallest absolute Gasteiger partial charge is 0.0155 e. The fraction of sp³-hybridized carbons (Fsp3) is 1.00. The second kappa shape index (κ2) is 3.11. The Kier molecular flexibility index (Phi) is 2.55. The van der Waals surface area contributed by atoms with E-state index >= 15 is 0 Å². The van der Waals surface area contributed by atoms with Crippen LogP contribution in [0.1, 0.15) is 26.2 Å². The van der Waals surface area contributed by atoms with E-state index in [1.54, 1.807) is 0 Å². The summed E-state index contributed by atoms with van der Waals surface area (Å²) in [6.07, 6.45) is 3.89. The van der Waals surface area contributed by atoms with Crippen LogP contribution in [0.5, 0.6) is 0 Å². The summed E-state index contributed by atoms with van der Waals surface area (Å²) in [6.45, 7) is 3.12. The molecular weight excluding hydrogens is 136 g/mol. The molecule has 2 heteroatoms. The lowest BCUT2D eigenvalue weighted by Gasteiger charge is -2.30. The zero-order chi connectivity index (χ0) is 8.48. The van der Waals surface area contributed by atoms with Crippen molar-refractivity contribution < 1.29 is 0 Å². The van der Waals surface area contributed by atoms with Crippen LogP contribution in [-0.2, 0) is 0 Å². The van der Waals surface area contributed by atoms with E-state index in [1.165, 1.54) is 19.3 Å². The van der Waals surface area contributed by atoms with Gasteiger partial charge in [-0.1, -0.05) is 6.92 Å². The molecule has 0 radical (unpaired) electrons. The normalized spacial score (nSPS) is 23.7. The minimum absolute atomic E-state index is 0.484. The van der Waals surface area contributed by atoms with Crippen molar-refractivity contribution in [3.05, 3.63) is 0 Å². The summed E-state index contributed by atoms with van der Waals surface area (Å²) in [5.41, 5.74) is 6.24.